The molecule has 0 aromatic heterocycles. The minimum atomic E-state index is -0.323. The van der Waals surface area contributed by atoms with Gasteiger partial charge in [0.25, 0.3) is 5.91 Å². The molecule has 0 aliphatic rings. The minimum absolute atomic E-state index is 0.185. The van der Waals surface area contributed by atoms with Crippen molar-refractivity contribution in [2.24, 2.45) is 5.16 Å². The summed E-state index contributed by atoms with van der Waals surface area (Å²) in [5.41, 5.74) is 0.918. The highest BCUT2D eigenvalue weighted by molar-refractivity contribution is 6.26. The molecule has 0 aliphatic heterocycles. The minimum Gasteiger partial charge on any atom is -0.490 e. The molecule has 0 saturated heterocycles. The van der Waals surface area contributed by atoms with Gasteiger partial charge in [-0.3, -0.25) is 4.79 Å². The van der Waals surface area contributed by atoms with Crippen molar-refractivity contribution in [2.75, 3.05) is 20.3 Å². The smallest absolute Gasteiger partial charge is 0.266 e. The Kier molecular flexibility index (Phi) is 7.08. The zero-order valence-electron chi connectivity index (χ0n) is 12.9. The van der Waals surface area contributed by atoms with Gasteiger partial charge in [-0.15, -0.1) is 0 Å². The maximum Gasteiger partial charge on any atom is 0.266 e. The van der Waals surface area contributed by atoms with Crippen molar-refractivity contribution in [1.29, 1.82) is 0 Å². The molecule has 1 N–H and O–H groups in total. The molecule has 0 fully saturated rings. The molecule has 6 nitrogen and oxygen atoms in total. The van der Waals surface area contributed by atoms with Crippen molar-refractivity contribution in [3.63, 3.8) is 0 Å². The molecular formula is C15H22N2O4. The molecule has 0 bridgehead atoms. The van der Waals surface area contributed by atoms with E-state index in [2.05, 4.69) is 15.3 Å². The average molecular weight is 294 g/mol. The van der Waals surface area contributed by atoms with Crippen molar-refractivity contribution in [3.05, 3.63) is 23.8 Å². The lowest BCUT2D eigenvalue weighted by molar-refractivity contribution is -0.115. The Labute approximate surface area is 125 Å². The predicted molar refractivity (Wildman–Crippen MR) is 80.8 cm³/mol. The summed E-state index contributed by atoms with van der Waals surface area (Å²) in [5.74, 6) is 1.04. The highest BCUT2D eigenvalue weighted by Crippen LogP contribution is 2.30. The summed E-state index contributed by atoms with van der Waals surface area (Å²) in [6, 6.07) is 5.42. The molecule has 1 aromatic rings. The second-order valence-electron chi connectivity index (χ2n) is 4.22. The van der Waals surface area contributed by atoms with Gasteiger partial charge in [0, 0.05) is 0 Å². The summed E-state index contributed by atoms with van der Waals surface area (Å²) in [6.45, 7) is 6.82. The van der Waals surface area contributed by atoms with Crippen molar-refractivity contribution in [2.45, 2.75) is 26.8 Å². The second-order valence-corrected chi connectivity index (χ2v) is 4.22. The van der Waals surface area contributed by atoms with Crippen LogP contribution in [0.3, 0.4) is 0 Å². The maximum atomic E-state index is 11.6. The van der Waals surface area contributed by atoms with Gasteiger partial charge in [-0.1, -0.05) is 11.2 Å². The van der Waals surface area contributed by atoms with E-state index in [1.54, 1.807) is 0 Å². The third kappa shape index (κ3) is 5.33. The zero-order valence-corrected chi connectivity index (χ0v) is 12.9. The molecule has 1 amide bonds. The normalized spacial score (nSPS) is 12.0. The molecule has 1 rings (SSSR count). The number of rotatable bonds is 8. The molecule has 0 aliphatic carbocycles. The number of benzene rings is 1. The van der Waals surface area contributed by atoms with E-state index in [4.69, 9.17) is 9.47 Å². The monoisotopic (exact) mass is 294 g/mol. The van der Waals surface area contributed by atoms with E-state index in [1.807, 2.05) is 39.0 Å². The van der Waals surface area contributed by atoms with Crippen molar-refractivity contribution >= 4 is 12.1 Å². The van der Waals surface area contributed by atoms with Gasteiger partial charge in [0.1, 0.15) is 13.3 Å². The Hall–Kier alpha value is -2.24. The van der Waals surface area contributed by atoms with Crippen LogP contribution in [0.5, 0.6) is 11.5 Å². The number of hydrogen-bond acceptors (Lipinski definition) is 5. The molecule has 0 radical (unpaired) electrons. The summed E-state index contributed by atoms with van der Waals surface area (Å²) >= 11 is 0. The second kappa shape index (κ2) is 8.84. The maximum absolute atomic E-state index is 11.6. The van der Waals surface area contributed by atoms with Crippen LogP contribution in [0.1, 0.15) is 32.4 Å². The Morgan fingerprint density at radius 2 is 1.95 bits per heavy atom. The van der Waals surface area contributed by atoms with E-state index >= 15 is 0 Å². The standard InChI is InChI=1S/C15H22N2O4/c1-5-20-13-8-7-12(9-14(13)21-6-2)11(3)17-15(18)10-16-19-4/h7-11H,5-6H2,1-4H3,(H,17,18). The Balaban J connectivity index is 2.84. The van der Waals surface area contributed by atoms with Crippen LogP contribution in [0.4, 0.5) is 0 Å². The number of amides is 1. The number of oxime groups is 1. The number of nitrogens with zero attached hydrogens (tertiary/aromatic N) is 1. The van der Waals surface area contributed by atoms with E-state index in [1.165, 1.54) is 7.11 Å². The fourth-order valence-electron chi connectivity index (χ4n) is 1.77. The first kappa shape index (κ1) is 16.8. The van der Waals surface area contributed by atoms with Gasteiger partial charge in [0.15, 0.2) is 11.5 Å². The fourth-order valence-corrected chi connectivity index (χ4v) is 1.77. The molecule has 1 atom stereocenters. The van der Waals surface area contributed by atoms with Crippen LogP contribution in [-0.2, 0) is 9.63 Å². The van der Waals surface area contributed by atoms with Gasteiger partial charge < -0.3 is 19.6 Å². The molecule has 116 valence electrons. The first-order valence-electron chi connectivity index (χ1n) is 6.88. The van der Waals surface area contributed by atoms with Gasteiger partial charge in [-0.2, -0.15) is 0 Å². The lowest BCUT2D eigenvalue weighted by atomic mass is 10.1. The lowest BCUT2D eigenvalue weighted by Gasteiger charge is -2.16. The third-order valence-electron chi connectivity index (χ3n) is 2.70. The van der Waals surface area contributed by atoms with E-state index in [0.29, 0.717) is 24.7 Å². The average Bonchev–Trinajstić information content (AvgIpc) is 2.47. The first-order chi connectivity index (χ1) is 10.1. The van der Waals surface area contributed by atoms with Crippen LogP contribution in [0.2, 0.25) is 0 Å². The van der Waals surface area contributed by atoms with Crippen LogP contribution >= 0.6 is 0 Å². The Morgan fingerprint density at radius 1 is 1.29 bits per heavy atom. The van der Waals surface area contributed by atoms with Crippen LogP contribution in [-0.4, -0.2) is 32.4 Å². The van der Waals surface area contributed by atoms with Crippen LogP contribution in [0, 0.1) is 0 Å². The molecule has 0 spiro atoms. The summed E-state index contributed by atoms with van der Waals surface area (Å²) in [4.78, 5) is 16.0. The number of hydrogen-bond donors (Lipinski definition) is 1. The van der Waals surface area contributed by atoms with E-state index < -0.39 is 0 Å². The third-order valence-corrected chi connectivity index (χ3v) is 2.70. The van der Waals surface area contributed by atoms with E-state index in [0.717, 1.165) is 11.8 Å². The van der Waals surface area contributed by atoms with Crippen molar-refractivity contribution in [3.8, 4) is 11.5 Å². The molecule has 1 aromatic carbocycles. The predicted octanol–water partition coefficient (Wildman–Crippen LogP) is 2.29. The SMILES string of the molecule is CCOc1ccc(C(C)NC(=O)C=NOC)cc1OCC. The molecule has 1 unspecified atom stereocenters. The molecule has 0 heterocycles. The number of ether oxygens (including phenoxy) is 2. The van der Waals surface area contributed by atoms with Gasteiger partial charge in [0.05, 0.1) is 19.3 Å². The highest BCUT2D eigenvalue weighted by atomic mass is 16.6. The lowest BCUT2D eigenvalue weighted by Crippen LogP contribution is -2.27. The quantitative estimate of drug-likeness (QED) is 0.590. The summed E-state index contributed by atoms with van der Waals surface area (Å²) in [5, 5.41) is 6.21. The van der Waals surface area contributed by atoms with Crippen LogP contribution < -0.4 is 14.8 Å². The van der Waals surface area contributed by atoms with Crippen molar-refractivity contribution < 1.29 is 19.1 Å². The van der Waals surface area contributed by atoms with Crippen molar-refractivity contribution in [1.82, 2.24) is 5.32 Å². The Bertz CT molecular complexity index is 489. The largest absolute Gasteiger partial charge is 0.490 e. The molecule has 0 saturated carbocycles. The van der Waals surface area contributed by atoms with Crippen LogP contribution in [0.25, 0.3) is 0 Å². The van der Waals surface area contributed by atoms with Gasteiger partial charge in [-0.25, -0.2) is 0 Å². The topological polar surface area (TPSA) is 69.2 Å². The summed E-state index contributed by atoms with van der Waals surface area (Å²) in [7, 11) is 1.38. The number of carbonyl (C=O) groups is 1. The first-order valence-corrected chi connectivity index (χ1v) is 6.88. The van der Waals surface area contributed by atoms with E-state index in [9.17, 15) is 4.79 Å². The number of nitrogens with one attached hydrogen (secondary N) is 1. The van der Waals surface area contributed by atoms with Gasteiger partial charge >= 0.3 is 0 Å². The zero-order chi connectivity index (χ0) is 15.7. The van der Waals surface area contributed by atoms with Gasteiger partial charge in [0.2, 0.25) is 0 Å². The molecule has 6 heteroatoms. The van der Waals surface area contributed by atoms with E-state index in [-0.39, 0.29) is 11.9 Å². The summed E-state index contributed by atoms with van der Waals surface area (Å²) in [6.07, 6.45) is 1.09. The molecular weight excluding hydrogens is 272 g/mol. The summed E-state index contributed by atoms with van der Waals surface area (Å²) < 4.78 is 11.1. The highest BCUT2D eigenvalue weighted by Gasteiger charge is 2.12. The van der Waals surface area contributed by atoms with Gasteiger partial charge in [-0.05, 0) is 38.5 Å². The van der Waals surface area contributed by atoms with Crippen LogP contribution in [0.15, 0.2) is 23.4 Å². The molecule has 21 heavy (non-hydrogen) atoms. The Morgan fingerprint density at radius 3 is 2.57 bits per heavy atom. The number of carbonyl (C=O) groups excluding carboxylic acids is 1. The fraction of sp³-hybridized carbons (Fsp3) is 0.467.